The standard InChI is InChI=1S/C22H29NO3/c1-16-8-7-9-18(12-16)14-26-20-11-6-5-10-19(20)21(25)23-15-22(3,4)13-17(2)24/h5-12,17,24H,13-15H2,1-4H3,(H,23,25)/t17-/m1/s1. The number of amides is 1. The minimum Gasteiger partial charge on any atom is -0.488 e. The normalized spacial score (nSPS) is 12.5. The number of nitrogens with one attached hydrogen (secondary N) is 1. The molecule has 0 saturated heterocycles. The minimum atomic E-state index is -0.396. The number of para-hydroxylation sites is 1. The van der Waals surface area contributed by atoms with Crippen LogP contribution in [0.5, 0.6) is 5.75 Å². The van der Waals surface area contributed by atoms with Crippen LogP contribution in [0, 0.1) is 12.3 Å². The van der Waals surface area contributed by atoms with E-state index in [0.29, 0.717) is 30.9 Å². The van der Waals surface area contributed by atoms with Crippen molar-refractivity contribution in [2.45, 2.75) is 46.8 Å². The van der Waals surface area contributed by atoms with Gasteiger partial charge in [-0.15, -0.1) is 0 Å². The largest absolute Gasteiger partial charge is 0.488 e. The van der Waals surface area contributed by atoms with Crippen LogP contribution < -0.4 is 10.1 Å². The van der Waals surface area contributed by atoms with E-state index in [1.54, 1.807) is 13.0 Å². The van der Waals surface area contributed by atoms with E-state index in [0.717, 1.165) is 5.56 Å². The molecule has 4 heteroatoms. The number of ether oxygens (including phenoxy) is 1. The maximum atomic E-state index is 12.6. The summed E-state index contributed by atoms with van der Waals surface area (Å²) in [5.41, 5.74) is 2.59. The molecule has 4 nitrogen and oxygen atoms in total. The molecular weight excluding hydrogens is 326 g/mol. The molecule has 2 N–H and O–H groups in total. The predicted octanol–water partition coefficient (Wildman–Crippen LogP) is 4.10. The highest BCUT2D eigenvalue weighted by atomic mass is 16.5. The molecule has 26 heavy (non-hydrogen) atoms. The Bertz CT molecular complexity index is 738. The maximum Gasteiger partial charge on any atom is 0.255 e. The number of aliphatic hydroxyl groups excluding tert-OH is 1. The monoisotopic (exact) mass is 355 g/mol. The zero-order valence-electron chi connectivity index (χ0n) is 16.1. The Morgan fingerprint density at radius 3 is 2.62 bits per heavy atom. The molecule has 0 heterocycles. The van der Waals surface area contributed by atoms with Crippen LogP contribution in [0.1, 0.15) is 48.7 Å². The molecule has 0 fully saturated rings. The second-order valence-corrected chi connectivity index (χ2v) is 7.67. The highest BCUT2D eigenvalue weighted by molar-refractivity contribution is 5.96. The number of aliphatic hydroxyl groups is 1. The van der Waals surface area contributed by atoms with Crippen molar-refractivity contribution < 1.29 is 14.6 Å². The van der Waals surface area contributed by atoms with Crippen LogP contribution in [0.15, 0.2) is 48.5 Å². The number of hydrogen-bond acceptors (Lipinski definition) is 3. The summed E-state index contributed by atoms with van der Waals surface area (Å²) in [4.78, 5) is 12.6. The van der Waals surface area contributed by atoms with Gasteiger partial charge in [0.25, 0.3) is 5.91 Å². The molecule has 0 aliphatic rings. The van der Waals surface area contributed by atoms with Gasteiger partial charge in [0.05, 0.1) is 11.7 Å². The van der Waals surface area contributed by atoms with E-state index >= 15 is 0 Å². The van der Waals surface area contributed by atoms with E-state index in [-0.39, 0.29) is 11.3 Å². The van der Waals surface area contributed by atoms with Crippen LogP contribution in [0.25, 0.3) is 0 Å². The SMILES string of the molecule is Cc1cccc(COc2ccccc2C(=O)NCC(C)(C)C[C@@H](C)O)c1. The Morgan fingerprint density at radius 2 is 1.92 bits per heavy atom. The second-order valence-electron chi connectivity index (χ2n) is 7.67. The Labute approximate surface area is 156 Å². The predicted molar refractivity (Wildman–Crippen MR) is 104 cm³/mol. The van der Waals surface area contributed by atoms with Gasteiger partial charge in [0, 0.05) is 6.54 Å². The lowest BCUT2D eigenvalue weighted by Crippen LogP contribution is -2.35. The molecule has 1 atom stereocenters. The summed E-state index contributed by atoms with van der Waals surface area (Å²) in [5.74, 6) is 0.406. The summed E-state index contributed by atoms with van der Waals surface area (Å²) in [6, 6.07) is 15.4. The topological polar surface area (TPSA) is 58.6 Å². The molecule has 0 aromatic heterocycles. The van der Waals surface area contributed by atoms with Crippen molar-refractivity contribution in [3.63, 3.8) is 0 Å². The summed E-state index contributed by atoms with van der Waals surface area (Å²) in [6.45, 7) is 8.76. The van der Waals surface area contributed by atoms with Crippen LogP contribution in [-0.4, -0.2) is 23.7 Å². The van der Waals surface area contributed by atoms with Crippen LogP contribution in [0.2, 0.25) is 0 Å². The molecule has 0 radical (unpaired) electrons. The van der Waals surface area contributed by atoms with Crippen LogP contribution in [-0.2, 0) is 6.61 Å². The fourth-order valence-corrected chi connectivity index (χ4v) is 3.03. The molecule has 0 bridgehead atoms. The molecule has 0 unspecified atom stereocenters. The van der Waals surface area contributed by atoms with Crippen LogP contribution in [0.4, 0.5) is 0 Å². The van der Waals surface area contributed by atoms with Crippen LogP contribution in [0.3, 0.4) is 0 Å². The average Bonchev–Trinajstić information content (AvgIpc) is 2.57. The first-order valence-corrected chi connectivity index (χ1v) is 9.00. The van der Waals surface area contributed by atoms with Crippen molar-refractivity contribution >= 4 is 5.91 Å². The number of hydrogen-bond donors (Lipinski definition) is 2. The fraction of sp³-hybridized carbons (Fsp3) is 0.409. The fourth-order valence-electron chi connectivity index (χ4n) is 3.03. The van der Waals surface area contributed by atoms with Crippen molar-refractivity contribution in [3.8, 4) is 5.75 Å². The molecule has 2 aromatic carbocycles. The Morgan fingerprint density at radius 1 is 1.19 bits per heavy atom. The third-order valence-electron chi connectivity index (χ3n) is 4.18. The number of aryl methyl sites for hydroxylation is 1. The summed E-state index contributed by atoms with van der Waals surface area (Å²) in [7, 11) is 0. The summed E-state index contributed by atoms with van der Waals surface area (Å²) >= 11 is 0. The van der Waals surface area contributed by atoms with Crippen molar-refractivity contribution in [1.29, 1.82) is 0 Å². The Kier molecular flexibility index (Phi) is 6.81. The van der Waals surface area contributed by atoms with Gasteiger partial charge in [-0.3, -0.25) is 4.79 Å². The van der Waals surface area contributed by atoms with E-state index in [9.17, 15) is 9.90 Å². The summed E-state index contributed by atoms with van der Waals surface area (Å²) in [5, 5.41) is 12.5. The van der Waals surface area contributed by atoms with Crippen LogP contribution >= 0.6 is 0 Å². The first kappa shape index (κ1) is 20.0. The Balaban J connectivity index is 2.02. The number of carbonyl (C=O) groups excluding carboxylic acids is 1. The van der Waals surface area contributed by atoms with Gasteiger partial charge in [0.1, 0.15) is 12.4 Å². The minimum absolute atomic E-state index is 0.163. The first-order valence-electron chi connectivity index (χ1n) is 9.00. The molecule has 0 aliphatic heterocycles. The lowest BCUT2D eigenvalue weighted by atomic mass is 9.87. The van der Waals surface area contributed by atoms with Gasteiger partial charge in [-0.05, 0) is 43.4 Å². The van der Waals surface area contributed by atoms with Gasteiger partial charge >= 0.3 is 0 Å². The summed E-state index contributed by atoms with van der Waals surface area (Å²) < 4.78 is 5.90. The molecule has 2 rings (SSSR count). The quantitative estimate of drug-likeness (QED) is 0.749. The smallest absolute Gasteiger partial charge is 0.255 e. The number of benzene rings is 2. The number of rotatable bonds is 8. The average molecular weight is 355 g/mol. The number of carbonyl (C=O) groups is 1. The molecular formula is C22H29NO3. The van der Waals surface area contributed by atoms with Crippen molar-refractivity contribution in [2.24, 2.45) is 5.41 Å². The van der Waals surface area contributed by atoms with Gasteiger partial charge in [-0.25, -0.2) is 0 Å². The first-order chi connectivity index (χ1) is 12.3. The molecule has 0 saturated carbocycles. The molecule has 140 valence electrons. The molecule has 2 aromatic rings. The third kappa shape index (κ3) is 6.19. The summed E-state index contributed by atoms with van der Waals surface area (Å²) in [6.07, 6.45) is 0.227. The third-order valence-corrected chi connectivity index (χ3v) is 4.18. The van der Waals surface area contributed by atoms with E-state index in [4.69, 9.17) is 4.74 Å². The van der Waals surface area contributed by atoms with Gasteiger partial charge < -0.3 is 15.2 Å². The Hall–Kier alpha value is -2.33. The second kappa shape index (κ2) is 8.86. The zero-order chi connectivity index (χ0) is 19.2. The van der Waals surface area contributed by atoms with Gasteiger partial charge in [-0.2, -0.15) is 0 Å². The highest BCUT2D eigenvalue weighted by Crippen LogP contribution is 2.23. The molecule has 1 amide bonds. The lowest BCUT2D eigenvalue weighted by molar-refractivity contribution is 0.0897. The molecule has 0 spiro atoms. The van der Waals surface area contributed by atoms with Gasteiger partial charge in [0.2, 0.25) is 0 Å². The van der Waals surface area contributed by atoms with Gasteiger partial charge in [0.15, 0.2) is 0 Å². The van der Waals surface area contributed by atoms with Crippen molar-refractivity contribution in [2.75, 3.05) is 6.54 Å². The molecule has 0 aliphatic carbocycles. The van der Waals surface area contributed by atoms with E-state index in [2.05, 4.69) is 11.4 Å². The van der Waals surface area contributed by atoms with Crippen molar-refractivity contribution in [3.05, 3.63) is 65.2 Å². The highest BCUT2D eigenvalue weighted by Gasteiger charge is 2.22. The van der Waals surface area contributed by atoms with Crippen molar-refractivity contribution in [1.82, 2.24) is 5.32 Å². The van der Waals surface area contributed by atoms with Gasteiger partial charge in [-0.1, -0.05) is 55.8 Å². The lowest BCUT2D eigenvalue weighted by Gasteiger charge is -2.26. The zero-order valence-corrected chi connectivity index (χ0v) is 16.1. The van der Waals surface area contributed by atoms with E-state index in [1.807, 2.05) is 57.2 Å². The maximum absolute atomic E-state index is 12.6. The van der Waals surface area contributed by atoms with E-state index in [1.165, 1.54) is 5.56 Å². The van der Waals surface area contributed by atoms with E-state index < -0.39 is 6.10 Å².